The van der Waals surface area contributed by atoms with Gasteiger partial charge in [-0.15, -0.1) is 0 Å². The third-order valence-corrected chi connectivity index (χ3v) is 5.64. The van der Waals surface area contributed by atoms with Crippen LogP contribution in [0.2, 0.25) is 0 Å². The molecule has 5 nitrogen and oxygen atoms in total. The molecular formula is C18H26BrN3O2. The third kappa shape index (κ3) is 4.29. The molecule has 2 aliphatic rings. The second-order valence-corrected chi connectivity index (χ2v) is 7.52. The van der Waals surface area contributed by atoms with Gasteiger partial charge in [-0.1, -0.05) is 0 Å². The molecule has 132 valence electrons. The standard InChI is InChI=1S/C18H26BrN3O2/c19-16-9-14(11-21-15-3-1-13(12-23)2-4-15)17(20)10-18(16)22-5-7-24-8-6-22/h9-11,13,15,23H,1-8,12,20H2. The first-order valence-electron chi connectivity index (χ1n) is 8.73. The number of aliphatic hydroxyl groups excluding tert-OH is 1. The lowest BCUT2D eigenvalue weighted by Gasteiger charge is -2.30. The number of aliphatic hydroxyl groups is 1. The Morgan fingerprint density at radius 1 is 1.25 bits per heavy atom. The maximum absolute atomic E-state index is 9.21. The minimum Gasteiger partial charge on any atom is -0.398 e. The van der Waals surface area contributed by atoms with Crippen LogP contribution in [0.5, 0.6) is 0 Å². The number of halogens is 1. The number of anilines is 2. The zero-order chi connectivity index (χ0) is 16.9. The molecule has 1 aliphatic carbocycles. The number of morpholine rings is 1. The molecule has 0 bridgehead atoms. The Bertz CT molecular complexity index is 580. The molecule has 0 atom stereocenters. The lowest BCUT2D eigenvalue weighted by molar-refractivity contribution is 0.122. The summed E-state index contributed by atoms with van der Waals surface area (Å²) in [6.07, 6.45) is 6.14. The average molecular weight is 396 g/mol. The van der Waals surface area contributed by atoms with Gasteiger partial charge in [-0.05, 0) is 59.7 Å². The number of rotatable bonds is 4. The van der Waals surface area contributed by atoms with Gasteiger partial charge >= 0.3 is 0 Å². The van der Waals surface area contributed by atoms with Crippen LogP contribution in [0.15, 0.2) is 21.6 Å². The van der Waals surface area contributed by atoms with Crippen LogP contribution in [0.1, 0.15) is 31.2 Å². The zero-order valence-electron chi connectivity index (χ0n) is 14.0. The summed E-state index contributed by atoms with van der Waals surface area (Å²) in [6.45, 7) is 3.59. The van der Waals surface area contributed by atoms with Gasteiger partial charge in [-0.25, -0.2) is 0 Å². The molecule has 3 N–H and O–H groups in total. The van der Waals surface area contributed by atoms with E-state index in [4.69, 9.17) is 15.5 Å². The van der Waals surface area contributed by atoms with E-state index >= 15 is 0 Å². The van der Waals surface area contributed by atoms with Crippen molar-refractivity contribution in [1.29, 1.82) is 0 Å². The van der Waals surface area contributed by atoms with Crippen molar-refractivity contribution in [3.05, 3.63) is 22.2 Å². The Morgan fingerprint density at radius 3 is 2.62 bits per heavy atom. The van der Waals surface area contributed by atoms with Crippen molar-refractivity contribution in [1.82, 2.24) is 0 Å². The van der Waals surface area contributed by atoms with E-state index in [0.717, 1.165) is 73.4 Å². The van der Waals surface area contributed by atoms with Crippen molar-refractivity contribution in [3.63, 3.8) is 0 Å². The van der Waals surface area contributed by atoms with Crippen LogP contribution in [0, 0.1) is 5.92 Å². The quantitative estimate of drug-likeness (QED) is 0.607. The van der Waals surface area contributed by atoms with E-state index in [0.29, 0.717) is 18.6 Å². The molecule has 1 aromatic rings. The number of nitrogen functional groups attached to an aromatic ring is 1. The van der Waals surface area contributed by atoms with Crippen molar-refractivity contribution < 1.29 is 9.84 Å². The molecule has 0 radical (unpaired) electrons. The smallest absolute Gasteiger partial charge is 0.0642 e. The topological polar surface area (TPSA) is 71.1 Å². The Morgan fingerprint density at radius 2 is 1.96 bits per heavy atom. The number of aliphatic imine (C=N–C) groups is 1. The molecule has 2 fully saturated rings. The van der Waals surface area contributed by atoms with E-state index < -0.39 is 0 Å². The number of hydrogen-bond donors (Lipinski definition) is 2. The Labute approximate surface area is 152 Å². The monoisotopic (exact) mass is 395 g/mol. The van der Waals surface area contributed by atoms with Gasteiger partial charge in [-0.3, -0.25) is 4.99 Å². The molecule has 0 aromatic heterocycles. The van der Waals surface area contributed by atoms with Crippen molar-refractivity contribution in [3.8, 4) is 0 Å². The van der Waals surface area contributed by atoms with E-state index in [-0.39, 0.29) is 0 Å². The predicted molar refractivity (Wildman–Crippen MR) is 102 cm³/mol. The minimum atomic E-state index is 0.305. The first-order valence-corrected chi connectivity index (χ1v) is 9.52. The van der Waals surface area contributed by atoms with E-state index in [2.05, 4.69) is 26.9 Å². The lowest BCUT2D eigenvalue weighted by atomic mass is 9.87. The fourth-order valence-corrected chi connectivity index (χ4v) is 4.03. The molecule has 1 saturated carbocycles. The Hall–Kier alpha value is -1.11. The summed E-state index contributed by atoms with van der Waals surface area (Å²) in [5.41, 5.74) is 9.09. The van der Waals surface area contributed by atoms with Crippen molar-refractivity contribution >= 4 is 33.5 Å². The highest BCUT2D eigenvalue weighted by Gasteiger charge is 2.20. The summed E-state index contributed by atoms with van der Waals surface area (Å²) < 4.78 is 6.46. The van der Waals surface area contributed by atoms with E-state index in [9.17, 15) is 5.11 Å². The highest BCUT2D eigenvalue weighted by atomic mass is 79.9. The SMILES string of the molecule is Nc1cc(N2CCOCC2)c(Br)cc1C=NC1CCC(CO)CC1. The van der Waals surface area contributed by atoms with Crippen LogP contribution < -0.4 is 10.6 Å². The van der Waals surface area contributed by atoms with Crippen LogP contribution in [0.25, 0.3) is 0 Å². The first-order chi connectivity index (χ1) is 11.7. The Balaban J connectivity index is 1.68. The van der Waals surface area contributed by atoms with E-state index in [1.54, 1.807) is 0 Å². The molecule has 3 rings (SSSR count). The Kier molecular flexibility index (Phi) is 6.14. The van der Waals surface area contributed by atoms with Gasteiger partial charge in [0.2, 0.25) is 0 Å². The number of ether oxygens (including phenoxy) is 1. The van der Waals surface area contributed by atoms with Crippen LogP contribution in [-0.2, 0) is 4.74 Å². The van der Waals surface area contributed by atoms with Crippen molar-refractivity contribution in [2.75, 3.05) is 43.5 Å². The average Bonchev–Trinajstić information content (AvgIpc) is 2.63. The second-order valence-electron chi connectivity index (χ2n) is 6.67. The maximum atomic E-state index is 9.21. The minimum absolute atomic E-state index is 0.305. The first kappa shape index (κ1) is 17.7. The van der Waals surface area contributed by atoms with Gasteiger partial charge in [0.05, 0.1) is 18.9 Å². The summed E-state index contributed by atoms with van der Waals surface area (Å²) in [7, 11) is 0. The third-order valence-electron chi connectivity index (χ3n) is 5.00. The molecule has 0 amide bonds. The van der Waals surface area contributed by atoms with Crippen molar-refractivity contribution in [2.45, 2.75) is 31.7 Å². The van der Waals surface area contributed by atoms with E-state index in [1.165, 1.54) is 0 Å². The number of hydrogen-bond acceptors (Lipinski definition) is 5. The molecular weight excluding hydrogens is 370 g/mol. The summed E-state index contributed by atoms with van der Waals surface area (Å²) >= 11 is 3.67. The summed E-state index contributed by atoms with van der Waals surface area (Å²) in [5.74, 6) is 0.462. The highest BCUT2D eigenvalue weighted by Crippen LogP contribution is 2.32. The molecule has 1 aliphatic heterocycles. The van der Waals surface area contributed by atoms with Gasteiger partial charge in [-0.2, -0.15) is 0 Å². The van der Waals surface area contributed by atoms with Gasteiger partial charge in [0.15, 0.2) is 0 Å². The fraction of sp³-hybridized carbons (Fsp3) is 0.611. The second kappa shape index (κ2) is 8.32. The van der Waals surface area contributed by atoms with Gasteiger partial charge in [0, 0.05) is 47.7 Å². The number of nitrogens with two attached hydrogens (primary N) is 1. The molecule has 0 unspecified atom stereocenters. The van der Waals surface area contributed by atoms with E-state index in [1.807, 2.05) is 12.3 Å². The molecule has 1 saturated heterocycles. The number of nitrogens with zero attached hydrogens (tertiary/aromatic N) is 2. The molecule has 6 heteroatoms. The predicted octanol–water partition coefficient (Wildman–Crippen LogP) is 2.84. The fourth-order valence-electron chi connectivity index (χ4n) is 3.41. The molecule has 1 heterocycles. The highest BCUT2D eigenvalue weighted by molar-refractivity contribution is 9.10. The van der Waals surface area contributed by atoms with Crippen LogP contribution in [0.3, 0.4) is 0 Å². The normalized spacial score (nSPS) is 25.3. The molecule has 1 aromatic carbocycles. The summed E-state index contributed by atoms with van der Waals surface area (Å²) in [4.78, 5) is 7.02. The lowest BCUT2D eigenvalue weighted by Crippen LogP contribution is -2.36. The van der Waals surface area contributed by atoms with Gasteiger partial charge in [0.25, 0.3) is 0 Å². The van der Waals surface area contributed by atoms with Crippen LogP contribution in [-0.4, -0.2) is 50.3 Å². The van der Waals surface area contributed by atoms with Crippen LogP contribution in [0.4, 0.5) is 11.4 Å². The van der Waals surface area contributed by atoms with Crippen molar-refractivity contribution in [2.24, 2.45) is 10.9 Å². The summed E-state index contributed by atoms with van der Waals surface area (Å²) in [6, 6.07) is 4.44. The maximum Gasteiger partial charge on any atom is 0.0642 e. The summed E-state index contributed by atoms with van der Waals surface area (Å²) in [5, 5.41) is 9.21. The number of benzene rings is 1. The zero-order valence-corrected chi connectivity index (χ0v) is 15.5. The van der Waals surface area contributed by atoms with Gasteiger partial charge < -0.3 is 20.5 Å². The van der Waals surface area contributed by atoms with Crippen LogP contribution >= 0.6 is 15.9 Å². The van der Waals surface area contributed by atoms with Gasteiger partial charge in [0.1, 0.15) is 0 Å². The molecule has 0 spiro atoms. The largest absolute Gasteiger partial charge is 0.398 e. The molecule has 24 heavy (non-hydrogen) atoms.